The Morgan fingerprint density at radius 3 is 2.59 bits per heavy atom. The molecular weight excluding hydrogens is 432 g/mol. The number of nitrogens with one attached hydrogen (secondary N) is 2. The first-order valence-electron chi connectivity index (χ1n) is 12.3. The highest BCUT2D eigenvalue weighted by Gasteiger charge is 2.38. The number of carbonyl (C=O) groups is 3. The lowest BCUT2D eigenvalue weighted by molar-refractivity contribution is -0.125. The van der Waals surface area contributed by atoms with Crippen LogP contribution in [0.1, 0.15) is 71.3 Å². The van der Waals surface area contributed by atoms with Gasteiger partial charge in [-0.1, -0.05) is 52.3 Å². The second-order valence-corrected chi connectivity index (χ2v) is 10.3. The fourth-order valence-corrected chi connectivity index (χ4v) is 4.60. The molecule has 8 nitrogen and oxygen atoms in total. The van der Waals surface area contributed by atoms with Crippen LogP contribution in [0.15, 0.2) is 24.3 Å². The molecule has 0 radical (unpaired) electrons. The van der Waals surface area contributed by atoms with Crippen LogP contribution in [-0.4, -0.2) is 55.1 Å². The average molecular weight is 475 g/mol. The number of hydrogen-bond acceptors (Lipinski definition) is 5. The quantitative estimate of drug-likeness (QED) is 0.346. The molecule has 1 aliphatic rings. The largest absolute Gasteiger partial charge is 0.391 e. The SMILES string of the molecule is CCCCNC(=O)[C@H](C)C[C@H](O)[C@@H](N)CC(C)(C)CC(=O)N1CC(C(=O)NC)c2ccccc21. The molecule has 4 atom stereocenters. The normalized spacial score (nSPS) is 18.1. The number of fused-ring (bicyclic) bond motifs is 1. The number of carbonyl (C=O) groups excluding carboxylic acids is 3. The van der Waals surface area contributed by atoms with Crippen molar-refractivity contribution in [3.05, 3.63) is 29.8 Å². The van der Waals surface area contributed by atoms with Crippen LogP contribution in [0.2, 0.25) is 0 Å². The van der Waals surface area contributed by atoms with Gasteiger partial charge in [-0.15, -0.1) is 0 Å². The molecule has 1 unspecified atom stereocenters. The van der Waals surface area contributed by atoms with E-state index in [1.807, 2.05) is 38.1 Å². The number of nitrogens with two attached hydrogens (primary N) is 1. The van der Waals surface area contributed by atoms with Crippen LogP contribution in [0, 0.1) is 11.3 Å². The summed E-state index contributed by atoms with van der Waals surface area (Å²) in [7, 11) is 1.60. The second-order valence-electron chi connectivity index (χ2n) is 10.3. The number of hydrogen-bond donors (Lipinski definition) is 4. The van der Waals surface area contributed by atoms with Crippen LogP contribution in [0.4, 0.5) is 5.69 Å². The van der Waals surface area contributed by atoms with E-state index in [0.29, 0.717) is 19.5 Å². The lowest BCUT2D eigenvalue weighted by atomic mass is 9.80. The van der Waals surface area contributed by atoms with Gasteiger partial charge < -0.3 is 26.4 Å². The number of nitrogens with zero attached hydrogens (tertiary/aromatic N) is 1. The summed E-state index contributed by atoms with van der Waals surface area (Å²) < 4.78 is 0. The number of benzene rings is 1. The Morgan fingerprint density at radius 1 is 1.26 bits per heavy atom. The molecular formula is C26H42N4O4. The molecule has 0 saturated heterocycles. The van der Waals surface area contributed by atoms with Crippen molar-refractivity contribution in [1.82, 2.24) is 10.6 Å². The Hall–Kier alpha value is -2.45. The van der Waals surface area contributed by atoms with Gasteiger partial charge in [0, 0.05) is 44.2 Å². The molecule has 0 bridgehead atoms. The van der Waals surface area contributed by atoms with Crippen molar-refractivity contribution in [1.29, 1.82) is 0 Å². The van der Waals surface area contributed by atoms with E-state index < -0.39 is 17.6 Å². The summed E-state index contributed by atoms with van der Waals surface area (Å²) in [4.78, 5) is 39.5. The topological polar surface area (TPSA) is 125 Å². The molecule has 0 aliphatic carbocycles. The van der Waals surface area contributed by atoms with Gasteiger partial charge in [-0.05, 0) is 36.3 Å². The fourth-order valence-electron chi connectivity index (χ4n) is 4.60. The highest BCUT2D eigenvalue weighted by molar-refractivity contribution is 6.00. The predicted octanol–water partition coefficient (Wildman–Crippen LogP) is 2.30. The molecule has 5 N–H and O–H groups in total. The van der Waals surface area contributed by atoms with Crippen LogP contribution in [0.25, 0.3) is 0 Å². The first kappa shape index (κ1) is 27.8. The van der Waals surface area contributed by atoms with Crippen LogP contribution >= 0.6 is 0 Å². The van der Waals surface area contributed by atoms with E-state index in [-0.39, 0.29) is 42.4 Å². The van der Waals surface area contributed by atoms with E-state index in [0.717, 1.165) is 24.1 Å². The molecule has 2 rings (SSSR count). The summed E-state index contributed by atoms with van der Waals surface area (Å²) in [5.41, 5.74) is 7.45. The van der Waals surface area contributed by atoms with Crippen molar-refractivity contribution in [2.75, 3.05) is 25.0 Å². The standard InChI is InChI=1S/C26H42N4O4/c1-6-7-12-29-24(33)17(2)13-22(31)20(27)14-26(3,4)15-23(32)30-16-19(25(34)28-5)18-10-8-9-11-21(18)30/h8-11,17,19-20,22,31H,6-7,12-16,27H2,1-5H3,(H,28,34)(H,29,33)/t17-,19?,20+,22+/m1/s1. The minimum Gasteiger partial charge on any atom is -0.391 e. The van der Waals surface area contributed by atoms with E-state index in [9.17, 15) is 19.5 Å². The number of anilines is 1. The lowest BCUT2D eigenvalue weighted by Gasteiger charge is -2.32. The predicted molar refractivity (Wildman–Crippen MR) is 134 cm³/mol. The maximum Gasteiger partial charge on any atom is 0.229 e. The Bertz CT molecular complexity index is 857. The van der Waals surface area contributed by atoms with Gasteiger partial charge in [0.1, 0.15) is 0 Å². The first-order chi connectivity index (χ1) is 16.0. The van der Waals surface area contributed by atoms with E-state index >= 15 is 0 Å². The van der Waals surface area contributed by atoms with Gasteiger partial charge in [-0.2, -0.15) is 0 Å². The van der Waals surface area contributed by atoms with Crippen molar-refractivity contribution >= 4 is 23.4 Å². The van der Waals surface area contributed by atoms with E-state index in [1.54, 1.807) is 18.9 Å². The number of likely N-dealkylation sites (N-methyl/N-ethyl adjacent to an activating group) is 1. The molecule has 1 heterocycles. The van der Waals surface area contributed by atoms with E-state index in [1.165, 1.54) is 0 Å². The van der Waals surface area contributed by atoms with Gasteiger partial charge in [0.25, 0.3) is 0 Å². The third kappa shape index (κ3) is 7.27. The molecule has 1 aromatic rings. The Balaban J connectivity index is 1.96. The van der Waals surface area contributed by atoms with Gasteiger partial charge in [0.05, 0.1) is 12.0 Å². The molecule has 1 aromatic carbocycles. The summed E-state index contributed by atoms with van der Waals surface area (Å²) >= 11 is 0. The average Bonchev–Trinajstić information content (AvgIpc) is 3.17. The van der Waals surface area contributed by atoms with E-state index in [4.69, 9.17) is 5.73 Å². The molecule has 190 valence electrons. The number of unbranched alkanes of at least 4 members (excludes halogenated alkanes) is 1. The lowest BCUT2D eigenvalue weighted by Crippen LogP contribution is -2.43. The molecule has 0 aromatic heterocycles. The van der Waals surface area contributed by atoms with Gasteiger partial charge in [-0.25, -0.2) is 0 Å². The fraction of sp³-hybridized carbons (Fsp3) is 0.654. The van der Waals surface area contributed by atoms with Crippen molar-refractivity contribution in [2.24, 2.45) is 17.1 Å². The summed E-state index contributed by atoms with van der Waals surface area (Å²) in [5, 5.41) is 16.2. The van der Waals surface area contributed by atoms with Gasteiger partial charge in [0.2, 0.25) is 17.7 Å². The number of para-hydroxylation sites is 1. The Kier molecular flexibility index (Phi) is 10.1. The number of aliphatic hydroxyl groups is 1. The smallest absolute Gasteiger partial charge is 0.229 e. The third-order valence-corrected chi connectivity index (χ3v) is 6.62. The minimum absolute atomic E-state index is 0.0748. The van der Waals surface area contributed by atoms with Crippen LogP contribution in [0.3, 0.4) is 0 Å². The van der Waals surface area contributed by atoms with Crippen molar-refractivity contribution in [3.63, 3.8) is 0 Å². The third-order valence-electron chi connectivity index (χ3n) is 6.62. The zero-order valence-electron chi connectivity index (χ0n) is 21.3. The summed E-state index contributed by atoms with van der Waals surface area (Å²) in [5.74, 6) is -0.991. The van der Waals surface area contributed by atoms with Gasteiger partial charge in [0.15, 0.2) is 0 Å². The van der Waals surface area contributed by atoms with Crippen molar-refractivity contribution in [3.8, 4) is 0 Å². The molecule has 8 heteroatoms. The maximum absolute atomic E-state index is 13.3. The molecule has 0 spiro atoms. The van der Waals surface area contributed by atoms with Gasteiger partial charge >= 0.3 is 0 Å². The summed E-state index contributed by atoms with van der Waals surface area (Å²) in [6.07, 6.45) is 2.02. The minimum atomic E-state index is -0.841. The van der Waals surface area contributed by atoms with Crippen molar-refractivity contribution < 1.29 is 19.5 Å². The zero-order valence-corrected chi connectivity index (χ0v) is 21.3. The van der Waals surface area contributed by atoms with E-state index in [2.05, 4.69) is 17.6 Å². The highest BCUT2D eigenvalue weighted by Crippen LogP contribution is 2.38. The number of aliphatic hydroxyl groups excluding tert-OH is 1. The highest BCUT2D eigenvalue weighted by atomic mass is 16.3. The van der Waals surface area contributed by atoms with Gasteiger partial charge in [-0.3, -0.25) is 14.4 Å². The molecule has 0 saturated carbocycles. The van der Waals surface area contributed by atoms with Crippen LogP contribution < -0.4 is 21.3 Å². The summed E-state index contributed by atoms with van der Waals surface area (Å²) in [6.45, 7) is 8.71. The van der Waals surface area contributed by atoms with Crippen LogP contribution in [0.5, 0.6) is 0 Å². The first-order valence-corrected chi connectivity index (χ1v) is 12.3. The molecule has 34 heavy (non-hydrogen) atoms. The molecule has 3 amide bonds. The van der Waals surface area contributed by atoms with Crippen molar-refractivity contribution in [2.45, 2.75) is 77.9 Å². The number of rotatable bonds is 12. The summed E-state index contributed by atoms with van der Waals surface area (Å²) in [6, 6.07) is 6.93. The second kappa shape index (κ2) is 12.3. The Labute approximate surface area is 203 Å². The molecule has 1 aliphatic heterocycles. The van der Waals surface area contributed by atoms with Crippen LogP contribution in [-0.2, 0) is 14.4 Å². The Morgan fingerprint density at radius 2 is 1.94 bits per heavy atom. The maximum atomic E-state index is 13.3. The number of amides is 3. The monoisotopic (exact) mass is 474 g/mol. The molecule has 0 fully saturated rings. The zero-order chi connectivity index (χ0) is 25.5.